The number of hydrogen-bond acceptors (Lipinski definition) is 5. The highest BCUT2D eigenvalue weighted by Gasteiger charge is 2.19. The molecule has 0 radical (unpaired) electrons. The number of fused-ring (bicyclic) bond motifs is 2. The number of aromatic nitrogens is 2. The highest BCUT2D eigenvalue weighted by atomic mass is 16.7. The van der Waals surface area contributed by atoms with Crippen LogP contribution in [0.25, 0.3) is 27.6 Å². The predicted molar refractivity (Wildman–Crippen MR) is 105 cm³/mol. The van der Waals surface area contributed by atoms with E-state index in [0.717, 1.165) is 27.7 Å². The van der Waals surface area contributed by atoms with Crippen molar-refractivity contribution in [2.24, 2.45) is 0 Å². The second-order valence-electron chi connectivity index (χ2n) is 6.26. The third-order valence-electron chi connectivity index (χ3n) is 4.56. The van der Waals surface area contributed by atoms with Gasteiger partial charge in [-0.25, -0.2) is 4.98 Å². The first-order valence-electron chi connectivity index (χ1n) is 8.46. The number of methoxy groups -OCH3 is 1. The molecule has 2 heterocycles. The van der Waals surface area contributed by atoms with E-state index in [4.69, 9.17) is 15.2 Å². The molecular formula is C21H18N4O2. The van der Waals surface area contributed by atoms with Gasteiger partial charge in [0.2, 0.25) is 0 Å². The highest BCUT2D eigenvalue weighted by Crippen LogP contribution is 2.34. The van der Waals surface area contributed by atoms with Gasteiger partial charge in [-0.05, 0) is 30.7 Å². The van der Waals surface area contributed by atoms with Gasteiger partial charge in [0.25, 0.3) is 0 Å². The van der Waals surface area contributed by atoms with Crippen LogP contribution in [-0.4, -0.2) is 23.5 Å². The number of nitriles is 1. The lowest BCUT2D eigenvalue weighted by Gasteiger charge is -2.14. The Morgan fingerprint density at radius 2 is 2.00 bits per heavy atom. The number of nitrogen functional groups attached to an aromatic ring is 1. The predicted octanol–water partition coefficient (Wildman–Crippen LogP) is 3.92. The van der Waals surface area contributed by atoms with E-state index in [1.54, 1.807) is 7.11 Å². The van der Waals surface area contributed by atoms with Gasteiger partial charge in [-0.15, -0.1) is 0 Å². The molecule has 0 unspecified atom stereocenters. The minimum atomic E-state index is 0.153. The molecule has 0 aliphatic heterocycles. The summed E-state index contributed by atoms with van der Waals surface area (Å²) in [6, 6.07) is 17.7. The molecule has 0 bridgehead atoms. The average molecular weight is 358 g/mol. The molecule has 134 valence electrons. The molecule has 4 rings (SSSR count). The van der Waals surface area contributed by atoms with Crippen LogP contribution in [0.3, 0.4) is 0 Å². The van der Waals surface area contributed by atoms with E-state index in [1.807, 2.05) is 60.0 Å². The van der Waals surface area contributed by atoms with Gasteiger partial charge in [0.1, 0.15) is 28.7 Å². The number of nitrogens with two attached hydrogens (primary N) is 1. The fourth-order valence-corrected chi connectivity index (χ4v) is 3.24. The maximum atomic E-state index is 9.66. The zero-order valence-corrected chi connectivity index (χ0v) is 15.1. The fraction of sp³-hybridized carbons (Fsp3) is 0.143. The Bertz CT molecular complexity index is 1200. The molecule has 0 saturated carbocycles. The number of nitrogens with zero attached hydrogens (tertiary/aromatic N) is 3. The first kappa shape index (κ1) is 16.9. The van der Waals surface area contributed by atoms with E-state index < -0.39 is 0 Å². The maximum absolute atomic E-state index is 9.66. The van der Waals surface area contributed by atoms with Crippen LogP contribution in [0.15, 0.2) is 48.5 Å². The molecule has 0 spiro atoms. The molecule has 0 atom stereocenters. The molecule has 2 aromatic heterocycles. The van der Waals surface area contributed by atoms with Gasteiger partial charge in [0.05, 0.1) is 16.7 Å². The number of benzene rings is 2. The van der Waals surface area contributed by atoms with Crippen LogP contribution in [0.1, 0.15) is 11.1 Å². The summed E-state index contributed by atoms with van der Waals surface area (Å²) >= 11 is 0. The molecule has 2 N–H and O–H groups in total. The number of rotatable bonds is 4. The van der Waals surface area contributed by atoms with E-state index >= 15 is 0 Å². The first-order chi connectivity index (χ1) is 13.1. The molecular weight excluding hydrogens is 340 g/mol. The smallest absolute Gasteiger partial charge is 0.188 e. The van der Waals surface area contributed by atoms with Gasteiger partial charge in [0, 0.05) is 18.6 Å². The summed E-state index contributed by atoms with van der Waals surface area (Å²) in [4.78, 5) is 4.68. The van der Waals surface area contributed by atoms with Gasteiger partial charge < -0.3 is 15.2 Å². The summed E-state index contributed by atoms with van der Waals surface area (Å²) in [5.74, 6) is 1.02. The average Bonchev–Trinajstić information content (AvgIpc) is 2.95. The molecule has 0 saturated heterocycles. The van der Waals surface area contributed by atoms with Crippen molar-refractivity contribution in [2.75, 3.05) is 19.6 Å². The van der Waals surface area contributed by atoms with Gasteiger partial charge in [-0.3, -0.25) is 4.57 Å². The van der Waals surface area contributed by atoms with Gasteiger partial charge >= 0.3 is 0 Å². The van der Waals surface area contributed by atoms with Gasteiger partial charge in [-0.1, -0.05) is 24.3 Å². The number of anilines is 1. The van der Waals surface area contributed by atoms with E-state index in [0.29, 0.717) is 22.6 Å². The third kappa shape index (κ3) is 2.75. The molecule has 4 aromatic rings. The fourth-order valence-electron chi connectivity index (χ4n) is 3.24. The van der Waals surface area contributed by atoms with Crippen LogP contribution in [0.5, 0.6) is 5.75 Å². The molecule has 6 nitrogen and oxygen atoms in total. The lowest BCUT2D eigenvalue weighted by molar-refractivity contribution is 0.0511. The van der Waals surface area contributed by atoms with Crippen molar-refractivity contribution in [3.8, 4) is 17.5 Å². The summed E-state index contributed by atoms with van der Waals surface area (Å²) in [6.45, 7) is 2.14. The van der Waals surface area contributed by atoms with Crippen LogP contribution in [0.4, 0.5) is 5.82 Å². The van der Waals surface area contributed by atoms with E-state index in [1.165, 1.54) is 0 Å². The summed E-state index contributed by atoms with van der Waals surface area (Å²) in [7, 11) is 1.57. The Kier molecular flexibility index (Phi) is 4.15. The van der Waals surface area contributed by atoms with Crippen molar-refractivity contribution in [2.45, 2.75) is 6.92 Å². The Morgan fingerprint density at radius 3 is 2.78 bits per heavy atom. The number of aryl methyl sites for hydroxylation is 1. The standard InChI is InChI=1S/C21H18N4O2/c1-13-7-8-15(27-12-26-2)10-18(13)25-19-9-14-5-3-4-6-17(14)24-20(19)16(11-22)21(25)23/h3-10H,12,23H2,1-2H3. The highest BCUT2D eigenvalue weighted by molar-refractivity contribution is 5.98. The van der Waals surface area contributed by atoms with Crippen LogP contribution >= 0.6 is 0 Å². The van der Waals surface area contributed by atoms with E-state index in [-0.39, 0.29) is 6.79 Å². The minimum absolute atomic E-state index is 0.153. The summed E-state index contributed by atoms with van der Waals surface area (Å²) in [5, 5.41) is 10.6. The Hall–Kier alpha value is -3.56. The molecule has 0 fully saturated rings. The van der Waals surface area contributed by atoms with Crippen LogP contribution in [-0.2, 0) is 4.74 Å². The Morgan fingerprint density at radius 1 is 1.19 bits per heavy atom. The van der Waals surface area contributed by atoms with Crippen molar-refractivity contribution >= 4 is 27.8 Å². The van der Waals surface area contributed by atoms with Gasteiger partial charge in [0.15, 0.2) is 6.79 Å². The minimum Gasteiger partial charge on any atom is -0.467 e. The topological polar surface area (TPSA) is 86.1 Å². The quantitative estimate of drug-likeness (QED) is 0.559. The molecule has 6 heteroatoms. The first-order valence-corrected chi connectivity index (χ1v) is 8.46. The molecule has 2 aromatic carbocycles. The van der Waals surface area contributed by atoms with Crippen LogP contribution in [0.2, 0.25) is 0 Å². The van der Waals surface area contributed by atoms with E-state index in [9.17, 15) is 5.26 Å². The largest absolute Gasteiger partial charge is 0.467 e. The Balaban J connectivity index is 2.03. The number of para-hydroxylation sites is 1. The second-order valence-corrected chi connectivity index (χ2v) is 6.26. The number of pyridine rings is 1. The summed E-state index contributed by atoms with van der Waals surface area (Å²) < 4.78 is 12.4. The monoisotopic (exact) mass is 358 g/mol. The van der Waals surface area contributed by atoms with E-state index in [2.05, 4.69) is 11.1 Å². The summed E-state index contributed by atoms with van der Waals surface area (Å²) in [6.07, 6.45) is 0. The maximum Gasteiger partial charge on any atom is 0.188 e. The molecule has 0 aliphatic rings. The zero-order chi connectivity index (χ0) is 19.0. The third-order valence-corrected chi connectivity index (χ3v) is 4.56. The number of hydrogen-bond donors (Lipinski definition) is 1. The van der Waals surface area contributed by atoms with Crippen LogP contribution in [0, 0.1) is 18.3 Å². The molecule has 27 heavy (non-hydrogen) atoms. The summed E-state index contributed by atoms with van der Waals surface area (Å²) in [5.41, 5.74) is 10.8. The second kappa shape index (κ2) is 6.63. The van der Waals surface area contributed by atoms with Crippen molar-refractivity contribution in [1.82, 2.24) is 9.55 Å². The molecule has 0 amide bonds. The SMILES string of the molecule is COCOc1ccc(C)c(-n2c(N)c(C#N)c3nc4ccccc4cc32)c1. The number of ether oxygens (including phenoxy) is 2. The molecule has 0 aliphatic carbocycles. The lowest BCUT2D eigenvalue weighted by Crippen LogP contribution is -2.04. The zero-order valence-electron chi connectivity index (χ0n) is 15.1. The van der Waals surface area contributed by atoms with Crippen molar-refractivity contribution in [1.29, 1.82) is 5.26 Å². The van der Waals surface area contributed by atoms with Crippen molar-refractivity contribution in [3.63, 3.8) is 0 Å². The van der Waals surface area contributed by atoms with Gasteiger partial charge in [-0.2, -0.15) is 5.26 Å². The van der Waals surface area contributed by atoms with Crippen molar-refractivity contribution < 1.29 is 9.47 Å². The van der Waals surface area contributed by atoms with Crippen molar-refractivity contribution in [3.05, 3.63) is 59.7 Å². The lowest BCUT2D eigenvalue weighted by atomic mass is 10.1. The Labute approximate surface area is 156 Å². The van der Waals surface area contributed by atoms with Crippen LogP contribution < -0.4 is 10.5 Å². The normalized spacial score (nSPS) is 11.0.